The Kier molecular flexibility index (Phi) is 11.6. The standard InChI is InChI=1S/C6H13ClN2.2ClH/c7-2-1-6-5-8-3-4-9-6;;/h6,8-9H,1-5H2;2*1H/t6-;;/m1../s1. The summed E-state index contributed by atoms with van der Waals surface area (Å²) in [6.45, 7) is 3.26. The lowest BCUT2D eigenvalue weighted by atomic mass is 10.2. The number of hydrogen-bond acceptors (Lipinski definition) is 2. The van der Waals surface area contributed by atoms with E-state index in [0.29, 0.717) is 6.04 Å². The van der Waals surface area contributed by atoms with Crippen LogP contribution in [0.25, 0.3) is 0 Å². The zero-order valence-electron chi connectivity index (χ0n) is 6.31. The lowest BCUT2D eigenvalue weighted by molar-refractivity contribution is 0.411. The average molecular weight is 222 g/mol. The molecule has 0 bridgehead atoms. The molecule has 1 aliphatic rings. The first-order valence-corrected chi connectivity index (χ1v) is 3.97. The molecule has 0 aromatic rings. The molecule has 0 spiro atoms. The van der Waals surface area contributed by atoms with Crippen LogP contribution < -0.4 is 10.6 Å². The van der Waals surface area contributed by atoms with Gasteiger partial charge in [-0.3, -0.25) is 0 Å². The molecule has 0 radical (unpaired) electrons. The number of rotatable bonds is 2. The van der Waals surface area contributed by atoms with Gasteiger partial charge in [0.1, 0.15) is 0 Å². The van der Waals surface area contributed by atoms with E-state index in [9.17, 15) is 0 Å². The van der Waals surface area contributed by atoms with Crippen LogP contribution in [-0.4, -0.2) is 31.6 Å². The Balaban J connectivity index is 0. The molecular weight excluding hydrogens is 206 g/mol. The minimum atomic E-state index is 0. The SMILES string of the molecule is Cl.Cl.ClCC[C@@H]1CNCCN1. The number of piperazine rings is 1. The van der Waals surface area contributed by atoms with Crippen LogP contribution in [0.4, 0.5) is 0 Å². The van der Waals surface area contributed by atoms with Crippen molar-refractivity contribution in [2.45, 2.75) is 12.5 Å². The largest absolute Gasteiger partial charge is 0.314 e. The molecule has 0 aromatic heterocycles. The van der Waals surface area contributed by atoms with Crippen LogP contribution in [0.2, 0.25) is 0 Å². The highest BCUT2D eigenvalue weighted by Gasteiger charge is 2.09. The zero-order valence-corrected chi connectivity index (χ0v) is 8.70. The maximum absolute atomic E-state index is 5.57. The highest BCUT2D eigenvalue weighted by Crippen LogP contribution is 1.94. The smallest absolute Gasteiger partial charge is 0.0238 e. The van der Waals surface area contributed by atoms with Gasteiger partial charge in [0, 0.05) is 31.6 Å². The molecule has 1 saturated heterocycles. The Labute approximate surface area is 85.3 Å². The van der Waals surface area contributed by atoms with Gasteiger partial charge < -0.3 is 10.6 Å². The first kappa shape index (κ1) is 14.3. The first-order chi connectivity index (χ1) is 4.43. The normalized spacial score (nSPS) is 23.2. The second kappa shape index (κ2) is 8.88. The molecule has 0 aromatic carbocycles. The molecule has 11 heavy (non-hydrogen) atoms. The van der Waals surface area contributed by atoms with Crippen molar-refractivity contribution in [1.29, 1.82) is 0 Å². The maximum Gasteiger partial charge on any atom is 0.0238 e. The van der Waals surface area contributed by atoms with E-state index in [0.717, 1.165) is 31.9 Å². The third kappa shape index (κ3) is 6.00. The highest BCUT2D eigenvalue weighted by molar-refractivity contribution is 6.17. The van der Waals surface area contributed by atoms with E-state index in [-0.39, 0.29) is 24.8 Å². The van der Waals surface area contributed by atoms with Crippen LogP contribution in [0.1, 0.15) is 6.42 Å². The van der Waals surface area contributed by atoms with E-state index in [1.54, 1.807) is 0 Å². The van der Waals surface area contributed by atoms with Gasteiger partial charge in [-0.25, -0.2) is 0 Å². The van der Waals surface area contributed by atoms with Crippen molar-refractivity contribution < 1.29 is 0 Å². The van der Waals surface area contributed by atoms with Crippen LogP contribution >= 0.6 is 36.4 Å². The van der Waals surface area contributed by atoms with Crippen molar-refractivity contribution in [3.8, 4) is 0 Å². The van der Waals surface area contributed by atoms with E-state index in [4.69, 9.17) is 11.6 Å². The molecule has 0 unspecified atom stereocenters. The predicted octanol–water partition coefficient (Wildman–Crippen LogP) is 1.02. The zero-order chi connectivity index (χ0) is 6.53. The molecule has 1 rings (SSSR count). The summed E-state index contributed by atoms with van der Waals surface area (Å²) in [4.78, 5) is 0. The summed E-state index contributed by atoms with van der Waals surface area (Å²) in [5, 5.41) is 6.67. The molecule has 1 fully saturated rings. The van der Waals surface area contributed by atoms with E-state index in [1.165, 1.54) is 0 Å². The summed E-state index contributed by atoms with van der Waals surface area (Å²) in [6, 6.07) is 0.608. The second-order valence-electron chi connectivity index (χ2n) is 2.33. The van der Waals surface area contributed by atoms with Crippen LogP contribution in [0.3, 0.4) is 0 Å². The van der Waals surface area contributed by atoms with E-state index in [2.05, 4.69) is 10.6 Å². The Hall–Kier alpha value is 0.790. The molecule has 0 aliphatic carbocycles. The first-order valence-electron chi connectivity index (χ1n) is 3.43. The Morgan fingerprint density at radius 1 is 1.27 bits per heavy atom. The monoisotopic (exact) mass is 220 g/mol. The van der Waals surface area contributed by atoms with Crippen molar-refractivity contribution in [2.24, 2.45) is 0 Å². The summed E-state index contributed by atoms with van der Waals surface area (Å²) in [5.74, 6) is 0.763. The highest BCUT2D eigenvalue weighted by atomic mass is 35.5. The molecule has 70 valence electrons. The molecule has 1 heterocycles. The number of nitrogens with one attached hydrogen (secondary N) is 2. The molecule has 2 nitrogen and oxygen atoms in total. The van der Waals surface area contributed by atoms with Crippen molar-refractivity contribution in [2.75, 3.05) is 25.5 Å². The Bertz CT molecular complexity index is 73.5. The lowest BCUT2D eigenvalue weighted by Gasteiger charge is -2.23. The molecule has 0 amide bonds. The van der Waals surface area contributed by atoms with Crippen molar-refractivity contribution in [3.63, 3.8) is 0 Å². The Morgan fingerprint density at radius 2 is 2.00 bits per heavy atom. The number of alkyl halides is 1. The molecular formula is C6H15Cl3N2. The summed E-state index contributed by atoms with van der Waals surface area (Å²) in [6.07, 6.45) is 1.08. The molecule has 1 aliphatic heterocycles. The third-order valence-electron chi connectivity index (χ3n) is 1.58. The van der Waals surface area contributed by atoms with Gasteiger partial charge in [0.05, 0.1) is 0 Å². The summed E-state index contributed by atoms with van der Waals surface area (Å²) < 4.78 is 0. The minimum absolute atomic E-state index is 0. The van der Waals surface area contributed by atoms with Crippen molar-refractivity contribution >= 4 is 36.4 Å². The van der Waals surface area contributed by atoms with Crippen LogP contribution in [0.5, 0.6) is 0 Å². The number of hydrogen-bond donors (Lipinski definition) is 2. The number of halogens is 3. The average Bonchev–Trinajstić information content (AvgIpc) is 1.91. The van der Waals surface area contributed by atoms with Gasteiger partial charge in [0.25, 0.3) is 0 Å². The van der Waals surface area contributed by atoms with Gasteiger partial charge in [-0.15, -0.1) is 36.4 Å². The predicted molar refractivity (Wildman–Crippen MR) is 54.5 cm³/mol. The quantitative estimate of drug-likeness (QED) is 0.681. The Morgan fingerprint density at radius 3 is 2.45 bits per heavy atom. The third-order valence-corrected chi connectivity index (χ3v) is 1.80. The molecule has 2 N–H and O–H groups in total. The van der Waals surface area contributed by atoms with Crippen molar-refractivity contribution in [3.05, 3.63) is 0 Å². The van der Waals surface area contributed by atoms with Gasteiger partial charge in [0.15, 0.2) is 0 Å². The van der Waals surface area contributed by atoms with Crippen LogP contribution in [0, 0.1) is 0 Å². The summed E-state index contributed by atoms with van der Waals surface area (Å²) in [5.41, 5.74) is 0. The van der Waals surface area contributed by atoms with E-state index in [1.807, 2.05) is 0 Å². The molecule has 0 saturated carbocycles. The van der Waals surface area contributed by atoms with Crippen molar-refractivity contribution in [1.82, 2.24) is 10.6 Å². The topological polar surface area (TPSA) is 24.1 Å². The van der Waals surface area contributed by atoms with Gasteiger partial charge in [-0.05, 0) is 6.42 Å². The van der Waals surface area contributed by atoms with E-state index < -0.39 is 0 Å². The van der Waals surface area contributed by atoms with Gasteiger partial charge in [-0.2, -0.15) is 0 Å². The second-order valence-corrected chi connectivity index (χ2v) is 2.71. The van der Waals surface area contributed by atoms with E-state index >= 15 is 0 Å². The summed E-state index contributed by atoms with van der Waals surface area (Å²) >= 11 is 5.57. The fourth-order valence-electron chi connectivity index (χ4n) is 1.05. The van der Waals surface area contributed by atoms with Gasteiger partial charge in [-0.1, -0.05) is 0 Å². The lowest BCUT2D eigenvalue weighted by Crippen LogP contribution is -2.48. The molecule has 5 heteroatoms. The fourth-order valence-corrected chi connectivity index (χ4v) is 1.31. The van der Waals surface area contributed by atoms with Crippen LogP contribution in [-0.2, 0) is 0 Å². The minimum Gasteiger partial charge on any atom is -0.314 e. The molecule has 1 atom stereocenters. The maximum atomic E-state index is 5.57. The summed E-state index contributed by atoms with van der Waals surface area (Å²) in [7, 11) is 0. The van der Waals surface area contributed by atoms with Gasteiger partial charge in [0.2, 0.25) is 0 Å². The van der Waals surface area contributed by atoms with Gasteiger partial charge >= 0.3 is 0 Å². The van der Waals surface area contributed by atoms with Crippen LogP contribution in [0.15, 0.2) is 0 Å². The fraction of sp³-hybridized carbons (Fsp3) is 1.00.